The molecule has 0 bridgehead atoms. The molecule has 0 fully saturated rings. The smallest absolute Gasteiger partial charge is 0.263 e. The second kappa shape index (κ2) is 4.34. The van der Waals surface area contributed by atoms with Crippen molar-refractivity contribution in [2.45, 2.75) is 6.92 Å². The van der Waals surface area contributed by atoms with Crippen LogP contribution in [0.1, 0.15) is 16.2 Å². The number of aryl methyl sites for hydroxylation is 1. The van der Waals surface area contributed by atoms with Crippen LogP contribution in [0.25, 0.3) is 11.0 Å². The molecule has 0 spiro atoms. The molecule has 1 aliphatic rings. The van der Waals surface area contributed by atoms with E-state index >= 15 is 0 Å². The van der Waals surface area contributed by atoms with Gasteiger partial charge in [0.25, 0.3) is 5.91 Å². The molecule has 0 saturated carbocycles. The van der Waals surface area contributed by atoms with Crippen molar-refractivity contribution in [3.05, 3.63) is 53.9 Å². The zero-order valence-electron chi connectivity index (χ0n) is 11.4. The molecule has 2 heterocycles. The van der Waals surface area contributed by atoms with Gasteiger partial charge in [-0.15, -0.1) is 0 Å². The van der Waals surface area contributed by atoms with Crippen LogP contribution in [-0.4, -0.2) is 22.3 Å². The highest BCUT2D eigenvalue weighted by molar-refractivity contribution is 6.02. The van der Waals surface area contributed by atoms with Crippen LogP contribution in [0.2, 0.25) is 0 Å². The largest absolute Gasteiger partial charge is 0.454 e. The normalized spacial score (nSPS) is 12.8. The summed E-state index contributed by atoms with van der Waals surface area (Å²) in [6.07, 6.45) is 0. The Bertz CT molecular complexity index is 867. The Morgan fingerprint density at radius 2 is 1.95 bits per heavy atom. The van der Waals surface area contributed by atoms with Crippen molar-refractivity contribution in [3.63, 3.8) is 0 Å². The number of hydrogen-bond acceptors (Lipinski definition) is 4. The molecule has 0 atom stereocenters. The van der Waals surface area contributed by atoms with E-state index < -0.39 is 0 Å². The van der Waals surface area contributed by atoms with Gasteiger partial charge < -0.3 is 9.47 Å². The van der Waals surface area contributed by atoms with E-state index in [1.165, 1.54) is 0 Å². The second-order valence-electron chi connectivity index (χ2n) is 4.86. The topological polar surface area (TPSA) is 53.4 Å². The zero-order chi connectivity index (χ0) is 14.4. The van der Waals surface area contributed by atoms with Gasteiger partial charge in [0.05, 0.1) is 11.0 Å². The van der Waals surface area contributed by atoms with Crippen LogP contribution in [0.15, 0.2) is 42.5 Å². The third kappa shape index (κ3) is 1.78. The Kier molecular flexibility index (Phi) is 2.47. The molecule has 2 aromatic carbocycles. The molecular formula is C16H12N2O3. The lowest BCUT2D eigenvalue weighted by atomic mass is 10.2. The number of para-hydroxylation sites is 2. The first-order valence-corrected chi connectivity index (χ1v) is 6.62. The van der Waals surface area contributed by atoms with E-state index in [0.717, 1.165) is 11.0 Å². The van der Waals surface area contributed by atoms with Crippen molar-refractivity contribution >= 4 is 16.9 Å². The van der Waals surface area contributed by atoms with Gasteiger partial charge in [0.2, 0.25) is 6.79 Å². The van der Waals surface area contributed by atoms with Crippen molar-refractivity contribution in [2.24, 2.45) is 0 Å². The van der Waals surface area contributed by atoms with Crippen molar-refractivity contribution in [3.8, 4) is 11.5 Å². The highest BCUT2D eigenvalue weighted by Crippen LogP contribution is 2.33. The summed E-state index contributed by atoms with van der Waals surface area (Å²) in [6, 6.07) is 12.8. The van der Waals surface area contributed by atoms with E-state index in [4.69, 9.17) is 9.47 Å². The minimum absolute atomic E-state index is 0.125. The zero-order valence-corrected chi connectivity index (χ0v) is 11.4. The van der Waals surface area contributed by atoms with Gasteiger partial charge >= 0.3 is 0 Å². The lowest BCUT2D eigenvalue weighted by molar-refractivity contribution is 0.0962. The van der Waals surface area contributed by atoms with Crippen molar-refractivity contribution in [2.75, 3.05) is 6.79 Å². The summed E-state index contributed by atoms with van der Waals surface area (Å²) < 4.78 is 12.2. The average molecular weight is 280 g/mol. The number of ether oxygens (including phenoxy) is 2. The first-order valence-electron chi connectivity index (χ1n) is 6.62. The molecule has 104 valence electrons. The molecule has 3 aromatic rings. The molecule has 1 aromatic heterocycles. The summed E-state index contributed by atoms with van der Waals surface area (Å²) in [5, 5.41) is 0. The second-order valence-corrected chi connectivity index (χ2v) is 4.86. The third-order valence-corrected chi connectivity index (χ3v) is 3.55. The van der Waals surface area contributed by atoms with Gasteiger partial charge in [0.15, 0.2) is 11.5 Å². The van der Waals surface area contributed by atoms with E-state index in [0.29, 0.717) is 22.9 Å². The van der Waals surface area contributed by atoms with Gasteiger partial charge in [-0.05, 0) is 37.3 Å². The van der Waals surface area contributed by atoms with E-state index in [9.17, 15) is 4.79 Å². The third-order valence-electron chi connectivity index (χ3n) is 3.55. The maximum absolute atomic E-state index is 12.8. The Hall–Kier alpha value is -2.82. The fourth-order valence-electron chi connectivity index (χ4n) is 2.56. The lowest BCUT2D eigenvalue weighted by Crippen LogP contribution is -2.13. The molecule has 5 nitrogen and oxygen atoms in total. The number of benzene rings is 2. The number of hydrogen-bond donors (Lipinski definition) is 0. The molecule has 5 heteroatoms. The average Bonchev–Trinajstić information content (AvgIpc) is 3.08. The van der Waals surface area contributed by atoms with Crippen LogP contribution in [0, 0.1) is 6.92 Å². The van der Waals surface area contributed by atoms with Gasteiger partial charge in [0, 0.05) is 5.56 Å². The number of imidazole rings is 1. The predicted molar refractivity (Wildman–Crippen MR) is 76.8 cm³/mol. The minimum atomic E-state index is -0.125. The van der Waals surface area contributed by atoms with Gasteiger partial charge in [-0.3, -0.25) is 9.36 Å². The molecule has 1 aliphatic heterocycles. The molecule has 4 rings (SSSR count). The van der Waals surface area contributed by atoms with E-state index in [2.05, 4.69) is 4.98 Å². The lowest BCUT2D eigenvalue weighted by Gasteiger charge is -2.06. The molecule has 21 heavy (non-hydrogen) atoms. The summed E-state index contributed by atoms with van der Waals surface area (Å²) in [6.45, 7) is 2.02. The number of carbonyl (C=O) groups is 1. The standard InChI is InChI=1S/C16H12N2O3/c1-10-17-12-4-2-3-5-13(12)18(10)16(19)11-6-7-14-15(8-11)21-9-20-14/h2-8H,9H2,1H3. The van der Waals surface area contributed by atoms with Crippen molar-refractivity contribution in [1.82, 2.24) is 9.55 Å². The molecule has 0 radical (unpaired) electrons. The van der Waals surface area contributed by atoms with Gasteiger partial charge in [-0.2, -0.15) is 0 Å². The SMILES string of the molecule is Cc1nc2ccccc2n1C(=O)c1ccc2c(c1)OCO2. The van der Waals surface area contributed by atoms with Crippen molar-refractivity contribution < 1.29 is 14.3 Å². The molecule has 0 aliphatic carbocycles. The van der Waals surface area contributed by atoms with Crippen LogP contribution in [0.5, 0.6) is 11.5 Å². The van der Waals surface area contributed by atoms with Crippen LogP contribution < -0.4 is 9.47 Å². The Labute approximate surface area is 120 Å². The predicted octanol–water partition coefficient (Wildman–Crippen LogP) is 2.76. The quantitative estimate of drug-likeness (QED) is 0.687. The summed E-state index contributed by atoms with van der Waals surface area (Å²) in [5.41, 5.74) is 2.16. The first kappa shape index (κ1) is 12.0. The van der Waals surface area contributed by atoms with Crippen molar-refractivity contribution in [1.29, 1.82) is 0 Å². The van der Waals surface area contributed by atoms with Crippen LogP contribution in [0.4, 0.5) is 0 Å². The molecule has 0 saturated heterocycles. The summed E-state index contributed by atoms with van der Waals surface area (Å²) >= 11 is 0. The van der Waals surface area contributed by atoms with Gasteiger partial charge in [-0.1, -0.05) is 12.1 Å². The molecule has 0 amide bonds. The van der Waals surface area contributed by atoms with E-state index in [-0.39, 0.29) is 12.7 Å². The van der Waals surface area contributed by atoms with E-state index in [1.807, 2.05) is 31.2 Å². The van der Waals surface area contributed by atoms with Gasteiger partial charge in [-0.25, -0.2) is 4.98 Å². The number of aromatic nitrogens is 2. The monoisotopic (exact) mass is 280 g/mol. The van der Waals surface area contributed by atoms with E-state index in [1.54, 1.807) is 22.8 Å². The maximum atomic E-state index is 12.8. The summed E-state index contributed by atoms with van der Waals surface area (Å²) in [5.74, 6) is 1.81. The number of carbonyl (C=O) groups excluding carboxylic acids is 1. The highest BCUT2D eigenvalue weighted by atomic mass is 16.7. The number of nitrogens with zero attached hydrogens (tertiary/aromatic N) is 2. The molecule has 0 unspecified atom stereocenters. The highest BCUT2D eigenvalue weighted by Gasteiger charge is 2.19. The maximum Gasteiger partial charge on any atom is 0.263 e. The van der Waals surface area contributed by atoms with Crippen LogP contribution in [0.3, 0.4) is 0 Å². The Morgan fingerprint density at radius 3 is 2.86 bits per heavy atom. The summed E-state index contributed by atoms with van der Waals surface area (Å²) in [7, 11) is 0. The first-order chi connectivity index (χ1) is 10.2. The number of fused-ring (bicyclic) bond motifs is 2. The minimum Gasteiger partial charge on any atom is -0.454 e. The number of rotatable bonds is 1. The molecule has 0 N–H and O–H groups in total. The Balaban J connectivity index is 1.85. The Morgan fingerprint density at radius 1 is 1.14 bits per heavy atom. The van der Waals surface area contributed by atoms with Crippen LogP contribution >= 0.6 is 0 Å². The van der Waals surface area contributed by atoms with Gasteiger partial charge in [0.1, 0.15) is 5.82 Å². The van der Waals surface area contributed by atoms with Crippen LogP contribution in [-0.2, 0) is 0 Å². The summed E-state index contributed by atoms with van der Waals surface area (Å²) in [4.78, 5) is 17.2. The fraction of sp³-hybridized carbons (Fsp3) is 0.125. The fourth-order valence-corrected chi connectivity index (χ4v) is 2.56. The molecular weight excluding hydrogens is 268 g/mol.